The number of hydrogen-bond acceptors (Lipinski definition) is 5. The van der Waals surface area contributed by atoms with Crippen molar-refractivity contribution in [1.29, 1.82) is 0 Å². The molecule has 0 N–H and O–H groups in total. The molecule has 0 saturated heterocycles. The van der Waals surface area contributed by atoms with Crippen molar-refractivity contribution in [1.82, 2.24) is 14.9 Å². The SMILES string of the molecule is Cc1ccc(C2=Nn3c(COc4ccccc4)nnc3SC2)cc1C. The maximum absolute atomic E-state index is 5.79. The van der Waals surface area contributed by atoms with Crippen LogP contribution in [0.25, 0.3) is 0 Å². The van der Waals surface area contributed by atoms with Gasteiger partial charge in [-0.15, -0.1) is 10.2 Å². The summed E-state index contributed by atoms with van der Waals surface area (Å²) in [5, 5.41) is 14.0. The Bertz CT molecular complexity index is 934. The van der Waals surface area contributed by atoms with Gasteiger partial charge in [-0.25, -0.2) is 0 Å². The third-order valence-corrected chi connectivity index (χ3v) is 5.12. The fourth-order valence-electron chi connectivity index (χ4n) is 2.59. The fourth-order valence-corrected chi connectivity index (χ4v) is 3.44. The second-order valence-electron chi connectivity index (χ2n) is 5.95. The number of para-hydroxylation sites is 1. The highest BCUT2D eigenvalue weighted by Crippen LogP contribution is 2.25. The molecular formula is C19H18N4OS. The molecule has 1 aromatic heterocycles. The fraction of sp³-hybridized carbons (Fsp3) is 0.211. The smallest absolute Gasteiger partial charge is 0.212 e. The Morgan fingerprint density at radius 1 is 1.04 bits per heavy atom. The molecule has 0 fully saturated rings. The Hall–Kier alpha value is -2.60. The van der Waals surface area contributed by atoms with E-state index in [2.05, 4.69) is 42.2 Å². The van der Waals surface area contributed by atoms with E-state index < -0.39 is 0 Å². The highest BCUT2D eigenvalue weighted by molar-refractivity contribution is 7.99. The number of hydrogen-bond donors (Lipinski definition) is 0. The lowest BCUT2D eigenvalue weighted by Gasteiger charge is -2.15. The van der Waals surface area contributed by atoms with Crippen LogP contribution in [0.4, 0.5) is 0 Å². The van der Waals surface area contributed by atoms with E-state index in [0.29, 0.717) is 12.4 Å². The van der Waals surface area contributed by atoms with Gasteiger partial charge in [-0.05, 0) is 48.7 Å². The van der Waals surface area contributed by atoms with E-state index in [1.807, 2.05) is 30.3 Å². The van der Waals surface area contributed by atoms with Crippen molar-refractivity contribution in [3.63, 3.8) is 0 Å². The molecule has 0 bridgehead atoms. The summed E-state index contributed by atoms with van der Waals surface area (Å²) in [6, 6.07) is 16.1. The molecule has 0 unspecified atom stereocenters. The molecule has 0 amide bonds. The van der Waals surface area contributed by atoms with Gasteiger partial charge in [-0.3, -0.25) is 0 Å². The van der Waals surface area contributed by atoms with Crippen molar-refractivity contribution in [3.05, 3.63) is 71.0 Å². The lowest BCUT2D eigenvalue weighted by Crippen LogP contribution is -2.15. The lowest BCUT2D eigenvalue weighted by molar-refractivity contribution is 0.290. The molecule has 3 aromatic rings. The second-order valence-corrected chi connectivity index (χ2v) is 6.89. The molecule has 0 radical (unpaired) electrons. The first-order valence-corrected chi connectivity index (χ1v) is 9.10. The average Bonchev–Trinajstić information content (AvgIpc) is 3.05. The molecule has 1 aliphatic rings. The van der Waals surface area contributed by atoms with Crippen LogP contribution < -0.4 is 4.74 Å². The molecule has 1 aliphatic heterocycles. The van der Waals surface area contributed by atoms with Crippen LogP contribution in [0.15, 0.2) is 58.8 Å². The lowest BCUT2D eigenvalue weighted by atomic mass is 10.0. The zero-order chi connectivity index (χ0) is 17.2. The normalized spacial score (nSPS) is 13.3. The first-order chi connectivity index (χ1) is 12.2. The van der Waals surface area contributed by atoms with Gasteiger partial charge in [0.2, 0.25) is 5.16 Å². The van der Waals surface area contributed by atoms with Crippen molar-refractivity contribution >= 4 is 17.5 Å². The first-order valence-electron chi connectivity index (χ1n) is 8.11. The number of fused-ring (bicyclic) bond motifs is 1. The first kappa shape index (κ1) is 15.9. The van der Waals surface area contributed by atoms with Crippen LogP contribution in [0.2, 0.25) is 0 Å². The van der Waals surface area contributed by atoms with Gasteiger partial charge in [0.05, 0.1) is 5.71 Å². The monoisotopic (exact) mass is 350 g/mol. The number of nitrogens with zero attached hydrogens (tertiary/aromatic N) is 4. The molecule has 4 rings (SSSR count). The Morgan fingerprint density at radius 3 is 2.68 bits per heavy atom. The van der Waals surface area contributed by atoms with Crippen LogP contribution in [-0.4, -0.2) is 26.3 Å². The van der Waals surface area contributed by atoms with E-state index in [1.54, 1.807) is 16.4 Å². The summed E-state index contributed by atoms with van der Waals surface area (Å²) in [5.41, 5.74) is 4.73. The van der Waals surface area contributed by atoms with Crippen LogP contribution in [-0.2, 0) is 6.61 Å². The average molecular weight is 350 g/mol. The Kier molecular flexibility index (Phi) is 4.28. The molecule has 126 valence electrons. The van der Waals surface area contributed by atoms with Crippen LogP contribution in [0.5, 0.6) is 5.75 Å². The number of ether oxygens (including phenoxy) is 1. The van der Waals surface area contributed by atoms with Crippen molar-refractivity contribution in [2.75, 3.05) is 5.75 Å². The van der Waals surface area contributed by atoms with E-state index >= 15 is 0 Å². The Labute approximate surface area is 150 Å². The van der Waals surface area contributed by atoms with Crippen LogP contribution in [0.3, 0.4) is 0 Å². The number of benzene rings is 2. The van der Waals surface area contributed by atoms with Gasteiger partial charge in [-0.2, -0.15) is 9.78 Å². The van der Waals surface area contributed by atoms with Gasteiger partial charge in [-0.1, -0.05) is 42.1 Å². The summed E-state index contributed by atoms with van der Waals surface area (Å²) in [5.74, 6) is 2.30. The molecule has 6 heteroatoms. The largest absolute Gasteiger partial charge is 0.486 e. The topological polar surface area (TPSA) is 52.3 Å². The summed E-state index contributed by atoms with van der Waals surface area (Å²) in [7, 11) is 0. The van der Waals surface area contributed by atoms with Gasteiger partial charge in [0, 0.05) is 5.75 Å². The molecule has 0 aliphatic carbocycles. The second kappa shape index (κ2) is 6.72. The molecule has 0 spiro atoms. The van der Waals surface area contributed by atoms with Crippen LogP contribution in [0, 0.1) is 13.8 Å². The highest BCUT2D eigenvalue weighted by Gasteiger charge is 2.20. The molecule has 25 heavy (non-hydrogen) atoms. The maximum atomic E-state index is 5.79. The highest BCUT2D eigenvalue weighted by atomic mass is 32.2. The Balaban J connectivity index is 1.60. The van der Waals surface area contributed by atoms with Gasteiger partial charge in [0.15, 0.2) is 5.82 Å². The van der Waals surface area contributed by atoms with Gasteiger partial charge < -0.3 is 4.74 Å². The minimum atomic E-state index is 0.335. The number of rotatable bonds is 4. The number of aromatic nitrogens is 3. The molecule has 0 saturated carbocycles. The van der Waals surface area contributed by atoms with Gasteiger partial charge in [0.1, 0.15) is 12.4 Å². The Morgan fingerprint density at radius 2 is 1.88 bits per heavy atom. The zero-order valence-corrected chi connectivity index (χ0v) is 15.0. The standard InChI is InChI=1S/C19H18N4OS/c1-13-8-9-15(10-14(13)2)17-12-25-19-21-20-18(23(19)22-17)11-24-16-6-4-3-5-7-16/h3-10H,11-12H2,1-2H3. The molecular weight excluding hydrogens is 332 g/mol. The third-order valence-electron chi connectivity index (χ3n) is 4.19. The molecule has 0 atom stereocenters. The van der Waals surface area contributed by atoms with Crippen molar-refractivity contribution < 1.29 is 4.74 Å². The quantitative estimate of drug-likeness (QED) is 0.717. The van der Waals surface area contributed by atoms with Crippen molar-refractivity contribution in [3.8, 4) is 5.75 Å². The summed E-state index contributed by atoms with van der Waals surface area (Å²) in [4.78, 5) is 0. The minimum Gasteiger partial charge on any atom is -0.486 e. The van der Waals surface area contributed by atoms with E-state index in [4.69, 9.17) is 9.84 Å². The summed E-state index contributed by atoms with van der Waals surface area (Å²) >= 11 is 1.65. The van der Waals surface area contributed by atoms with Crippen molar-refractivity contribution in [2.24, 2.45) is 5.10 Å². The summed E-state index contributed by atoms with van der Waals surface area (Å²) in [6.07, 6.45) is 0. The van der Waals surface area contributed by atoms with Crippen LogP contribution in [0.1, 0.15) is 22.5 Å². The maximum Gasteiger partial charge on any atom is 0.212 e. The molecule has 2 aromatic carbocycles. The molecule has 5 nitrogen and oxygen atoms in total. The molecule has 2 heterocycles. The van der Waals surface area contributed by atoms with E-state index in [1.165, 1.54) is 11.1 Å². The summed E-state index contributed by atoms with van der Waals surface area (Å²) < 4.78 is 7.58. The number of thioether (sulfide) groups is 1. The summed E-state index contributed by atoms with van der Waals surface area (Å²) in [6.45, 7) is 4.58. The predicted octanol–water partition coefficient (Wildman–Crippen LogP) is 3.83. The van der Waals surface area contributed by atoms with E-state index in [9.17, 15) is 0 Å². The van der Waals surface area contributed by atoms with E-state index in [0.717, 1.165) is 27.9 Å². The third kappa shape index (κ3) is 3.30. The van der Waals surface area contributed by atoms with Gasteiger partial charge in [0.25, 0.3) is 0 Å². The van der Waals surface area contributed by atoms with Gasteiger partial charge >= 0.3 is 0 Å². The predicted molar refractivity (Wildman–Crippen MR) is 99.4 cm³/mol. The van der Waals surface area contributed by atoms with Crippen LogP contribution >= 0.6 is 11.8 Å². The minimum absolute atomic E-state index is 0.335. The number of aryl methyl sites for hydroxylation is 2. The van der Waals surface area contributed by atoms with Crippen molar-refractivity contribution in [2.45, 2.75) is 25.6 Å². The van der Waals surface area contributed by atoms with E-state index in [-0.39, 0.29) is 0 Å². The zero-order valence-electron chi connectivity index (χ0n) is 14.1.